The SMILES string of the molecule is O=C(O)C(F)(F)F.O=C(O)C(F)(F)F.c1ccc(-c2ccc3c(C4CN(Cc5cccnc5)CCO4)nnn3c2)cc1. The van der Waals surface area contributed by atoms with Crippen LogP contribution < -0.4 is 0 Å². The molecule has 0 saturated carbocycles. The van der Waals surface area contributed by atoms with Gasteiger partial charge in [-0.05, 0) is 23.3 Å². The molecule has 2 N–H and O–H groups in total. The van der Waals surface area contributed by atoms with Crippen LogP contribution in [0.1, 0.15) is 17.4 Å². The van der Waals surface area contributed by atoms with Crippen LogP contribution in [0.3, 0.4) is 0 Å². The van der Waals surface area contributed by atoms with Crippen LogP contribution in [0.25, 0.3) is 16.6 Å². The van der Waals surface area contributed by atoms with E-state index in [1.54, 1.807) is 6.20 Å². The van der Waals surface area contributed by atoms with Crippen molar-refractivity contribution in [2.24, 2.45) is 0 Å². The van der Waals surface area contributed by atoms with E-state index in [9.17, 15) is 26.3 Å². The van der Waals surface area contributed by atoms with Crippen molar-refractivity contribution in [1.82, 2.24) is 24.7 Å². The molecule has 4 aromatic rings. The maximum atomic E-state index is 10.6. The summed E-state index contributed by atoms with van der Waals surface area (Å²) in [6.45, 7) is 3.25. The van der Waals surface area contributed by atoms with Gasteiger partial charge in [-0.1, -0.05) is 47.7 Å². The van der Waals surface area contributed by atoms with Gasteiger partial charge in [0.25, 0.3) is 0 Å². The van der Waals surface area contributed by atoms with E-state index in [0.29, 0.717) is 6.61 Å². The number of carboxylic acids is 2. The Kier molecular flexibility index (Phi) is 10.5. The molecule has 3 aromatic heterocycles. The van der Waals surface area contributed by atoms with Gasteiger partial charge < -0.3 is 14.9 Å². The van der Waals surface area contributed by atoms with Crippen LogP contribution in [0.15, 0.2) is 73.2 Å². The molecule has 1 fully saturated rings. The minimum absolute atomic E-state index is 0.0782. The fourth-order valence-electron chi connectivity index (χ4n) is 3.71. The Bertz CT molecular complexity index is 1440. The molecule has 224 valence electrons. The van der Waals surface area contributed by atoms with Crippen LogP contribution in [0.5, 0.6) is 0 Å². The molecule has 5 rings (SSSR count). The molecule has 0 spiro atoms. The van der Waals surface area contributed by atoms with Crippen molar-refractivity contribution in [2.75, 3.05) is 19.7 Å². The molecule has 1 aromatic carbocycles. The molecule has 10 nitrogen and oxygen atoms in total. The summed E-state index contributed by atoms with van der Waals surface area (Å²) in [6, 6.07) is 18.6. The molecule has 0 aliphatic carbocycles. The van der Waals surface area contributed by atoms with Gasteiger partial charge in [-0.25, -0.2) is 14.1 Å². The molecule has 42 heavy (non-hydrogen) atoms. The summed E-state index contributed by atoms with van der Waals surface area (Å²) < 4.78 is 71.4. The van der Waals surface area contributed by atoms with E-state index in [0.717, 1.165) is 42.0 Å². The van der Waals surface area contributed by atoms with Crippen molar-refractivity contribution in [3.8, 4) is 11.1 Å². The molecule has 4 heterocycles. The molecule has 0 radical (unpaired) electrons. The van der Waals surface area contributed by atoms with Crippen LogP contribution in [-0.2, 0) is 20.9 Å². The Balaban J connectivity index is 0.000000289. The summed E-state index contributed by atoms with van der Waals surface area (Å²) in [5.74, 6) is -5.51. The van der Waals surface area contributed by atoms with Crippen LogP contribution in [0.4, 0.5) is 26.3 Å². The van der Waals surface area contributed by atoms with Gasteiger partial charge in [0.05, 0.1) is 12.1 Å². The van der Waals surface area contributed by atoms with E-state index < -0.39 is 24.3 Å². The average molecular weight is 599 g/mol. The van der Waals surface area contributed by atoms with Crippen molar-refractivity contribution in [2.45, 2.75) is 25.0 Å². The van der Waals surface area contributed by atoms with Gasteiger partial charge >= 0.3 is 24.3 Å². The van der Waals surface area contributed by atoms with Crippen LogP contribution in [0.2, 0.25) is 0 Å². The Morgan fingerprint density at radius 3 is 2.12 bits per heavy atom. The standard InChI is InChI=1S/C22H21N5O.2C2HF3O2/c1-2-6-18(7-3-1)19-8-9-20-22(24-25-27(20)15-19)21-16-26(11-12-28-21)14-17-5-4-10-23-13-17;2*3-2(4,5)1(6)7/h1-10,13,15,21H,11-12,14,16H2;2*(H,6,7). The van der Waals surface area contributed by atoms with Crippen molar-refractivity contribution < 1.29 is 50.9 Å². The first-order valence-electron chi connectivity index (χ1n) is 12.0. The number of halogens is 6. The number of hydrogen-bond acceptors (Lipinski definition) is 7. The highest BCUT2D eigenvalue weighted by Gasteiger charge is 2.38. The lowest BCUT2D eigenvalue weighted by Crippen LogP contribution is -2.38. The lowest BCUT2D eigenvalue weighted by Gasteiger charge is -2.32. The predicted molar refractivity (Wildman–Crippen MR) is 134 cm³/mol. The molecule has 0 amide bonds. The number of hydrogen-bond donors (Lipinski definition) is 2. The number of alkyl halides is 6. The van der Waals surface area contributed by atoms with Gasteiger partial charge in [-0.3, -0.25) is 9.88 Å². The lowest BCUT2D eigenvalue weighted by atomic mass is 10.1. The maximum absolute atomic E-state index is 10.6. The largest absolute Gasteiger partial charge is 0.490 e. The molecule has 16 heteroatoms. The number of benzene rings is 1. The number of nitrogens with zero attached hydrogens (tertiary/aromatic N) is 5. The normalized spacial score (nSPS) is 15.6. The minimum Gasteiger partial charge on any atom is -0.475 e. The number of aliphatic carboxylic acids is 2. The Hall–Kier alpha value is -4.57. The Morgan fingerprint density at radius 1 is 0.905 bits per heavy atom. The summed E-state index contributed by atoms with van der Waals surface area (Å²) >= 11 is 0. The summed E-state index contributed by atoms with van der Waals surface area (Å²) in [4.78, 5) is 24.4. The molecule has 0 bridgehead atoms. The van der Waals surface area contributed by atoms with Crippen LogP contribution in [-0.4, -0.2) is 78.9 Å². The van der Waals surface area contributed by atoms with Gasteiger partial charge in [0.2, 0.25) is 0 Å². The van der Waals surface area contributed by atoms with Crippen molar-refractivity contribution in [3.05, 3.63) is 84.4 Å². The highest BCUT2D eigenvalue weighted by Crippen LogP contribution is 2.27. The zero-order chi connectivity index (χ0) is 30.9. The van der Waals surface area contributed by atoms with Gasteiger partial charge in [-0.15, -0.1) is 5.10 Å². The van der Waals surface area contributed by atoms with E-state index >= 15 is 0 Å². The van der Waals surface area contributed by atoms with Crippen molar-refractivity contribution in [3.63, 3.8) is 0 Å². The number of morpholine rings is 1. The lowest BCUT2D eigenvalue weighted by molar-refractivity contribution is -0.193. The first-order valence-corrected chi connectivity index (χ1v) is 12.0. The first kappa shape index (κ1) is 32.0. The zero-order valence-electron chi connectivity index (χ0n) is 21.5. The third-order valence-corrected chi connectivity index (χ3v) is 5.62. The quantitative estimate of drug-likeness (QED) is 0.323. The van der Waals surface area contributed by atoms with E-state index in [1.807, 2.05) is 41.2 Å². The number of rotatable bonds is 4. The maximum Gasteiger partial charge on any atom is 0.490 e. The number of aromatic nitrogens is 4. The second kappa shape index (κ2) is 13.9. The molecule has 1 aliphatic rings. The van der Waals surface area contributed by atoms with Crippen molar-refractivity contribution in [1.29, 1.82) is 0 Å². The smallest absolute Gasteiger partial charge is 0.475 e. The Morgan fingerprint density at radius 2 is 1.55 bits per heavy atom. The van der Waals surface area contributed by atoms with E-state index in [2.05, 4.69) is 50.5 Å². The minimum atomic E-state index is -5.08. The topological polar surface area (TPSA) is 130 Å². The monoisotopic (exact) mass is 599 g/mol. The molecular formula is C26H23F6N5O5. The molecule has 1 aliphatic heterocycles. The number of ether oxygens (including phenoxy) is 1. The summed E-state index contributed by atoms with van der Waals surface area (Å²) in [6.07, 6.45) is -4.50. The van der Waals surface area contributed by atoms with Gasteiger partial charge in [0.15, 0.2) is 0 Å². The highest BCUT2D eigenvalue weighted by molar-refractivity contribution is 5.73. The number of carbonyl (C=O) groups is 2. The second-order valence-corrected chi connectivity index (χ2v) is 8.65. The molecule has 1 unspecified atom stereocenters. The van der Waals surface area contributed by atoms with Gasteiger partial charge in [-0.2, -0.15) is 26.3 Å². The first-order chi connectivity index (χ1) is 19.8. The summed E-state index contributed by atoms with van der Waals surface area (Å²) in [5.41, 5.74) is 5.39. The fraction of sp³-hybridized carbons (Fsp3) is 0.269. The zero-order valence-corrected chi connectivity index (χ0v) is 21.5. The van der Waals surface area contributed by atoms with Gasteiger partial charge in [0, 0.05) is 43.8 Å². The van der Waals surface area contributed by atoms with E-state index in [4.69, 9.17) is 24.5 Å². The highest BCUT2D eigenvalue weighted by atomic mass is 19.4. The van der Waals surface area contributed by atoms with Crippen LogP contribution in [0, 0.1) is 0 Å². The third kappa shape index (κ3) is 9.24. The van der Waals surface area contributed by atoms with Gasteiger partial charge in [0.1, 0.15) is 11.8 Å². The van der Waals surface area contributed by atoms with Crippen molar-refractivity contribution >= 4 is 17.5 Å². The molecule has 1 atom stereocenters. The molecule has 1 saturated heterocycles. The third-order valence-electron chi connectivity index (χ3n) is 5.62. The Labute approximate surface area is 233 Å². The van der Waals surface area contributed by atoms with E-state index in [1.165, 1.54) is 5.56 Å². The average Bonchev–Trinajstić information content (AvgIpc) is 3.37. The summed E-state index contributed by atoms with van der Waals surface area (Å²) in [7, 11) is 0. The fourth-order valence-corrected chi connectivity index (χ4v) is 3.71. The summed E-state index contributed by atoms with van der Waals surface area (Å²) in [5, 5.41) is 23.0. The second-order valence-electron chi connectivity index (χ2n) is 8.65. The van der Waals surface area contributed by atoms with Crippen LogP contribution >= 0.6 is 0 Å². The predicted octanol–water partition coefficient (Wildman–Crippen LogP) is 4.63. The number of pyridine rings is 2. The van der Waals surface area contributed by atoms with E-state index in [-0.39, 0.29) is 6.10 Å². The number of carboxylic acid groups (broad SMARTS) is 2. The number of fused-ring (bicyclic) bond motifs is 1. The molecular weight excluding hydrogens is 576 g/mol.